The summed E-state index contributed by atoms with van der Waals surface area (Å²) in [5.41, 5.74) is 0. The lowest BCUT2D eigenvalue weighted by Gasteiger charge is -2.11. The van der Waals surface area contributed by atoms with Crippen molar-refractivity contribution in [2.75, 3.05) is 6.61 Å². The predicted molar refractivity (Wildman–Crippen MR) is 104 cm³/mol. The van der Waals surface area contributed by atoms with E-state index in [-0.39, 0.29) is 6.04 Å². The van der Waals surface area contributed by atoms with Gasteiger partial charge in [0.2, 0.25) is 0 Å². The van der Waals surface area contributed by atoms with Crippen molar-refractivity contribution in [3.05, 3.63) is 35.2 Å². The van der Waals surface area contributed by atoms with E-state index in [1.807, 2.05) is 38.1 Å². The number of carbonyl (C=O) groups excluding carboxylic acids is 3. The van der Waals surface area contributed by atoms with E-state index in [1.54, 1.807) is 17.4 Å². The predicted octanol–water partition coefficient (Wildman–Crippen LogP) is 3.90. The van der Waals surface area contributed by atoms with Crippen molar-refractivity contribution in [1.29, 1.82) is 0 Å². The fraction of sp³-hybridized carbons (Fsp3) is 0.278. The zero-order valence-electron chi connectivity index (χ0n) is 14.3. The van der Waals surface area contributed by atoms with Crippen LogP contribution in [0.2, 0.25) is 0 Å². The van der Waals surface area contributed by atoms with Crippen molar-refractivity contribution in [1.82, 2.24) is 10.6 Å². The molecule has 0 saturated heterocycles. The fourth-order valence-electron chi connectivity index (χ4n) is 2.33. The van der Waals surface area contributed by atoms with Gasteiger partial charge in [-0.25, -0.2) is 9.59 Å². The zero-order valence-corrected chi connectivity index (χ0v) is 16.0. The maximum absolute atomic E-state index is 12.2. The number of imide groups is 1. The summed E-state index contributed by atoms with van der Waals surface area (Å²) in [5, 5.41) is 5.85. The molecule has 26 heavy (non-hydrogen) atoms. The number of urea groups is 1. The number of rotatable bonds is 5. The first-order chi connectivity index (χ1) is 12.5. The molecular formula is C18H18N2O4S2. The molecule has 0 spiro atoms. The second-order valence-corrected chi connectivity index (χ2v) is 7.95. The molecule has 0 aliphatic heterocycles. The van der Waals surface area contributed by atoms with Crippen molar-refractivity contribution in [2.45, 2.75) is 26.3 Å². The molecule has 0 saturated carbocycles. The normalized spacial score (nSPS) is 12.1. The summed E-state index contributed by atoms with van der Waals surface area (Å²) >= 11 is 2.95. The minimum atomic E-state index is -0.664. The van der Waals surface area contributed by atoms with Gasteiger partial charge >= 0.3 is 12.0 Å². The highest BCUT2D eigenvalue weighted by Crippen LogP contribution is 2.39. The molecule has 2 N–H and O–H groups in total. The minimum Gasteiger partial charge on any atom is -0.451 e. The van der Waals surface area contributed by atoms with Crippen molar-refractivity contribution in [2.24, 2.45) is 0 Å². The molecule has 6 nitrogen and oxygen atoms in total. The van der Waals surface area contributed by atoms with E-state index in [0.29, 0.717) is 4.88 Å². The third kappa shape index (κ3) is 4.03. The lowest BCUT2D eigenvalue weighted by Crippen LogP contribution is -2.44. The highest BCUT2D eigenvalue weighted by molar-refractivity contribution is 7.33. The van der Waals surface area contributed by atoms with Crippen LogP contribution in [0.3, 0.4) is 0 Å². The molecule has 1 atom stereocenters. The van der Waals surface area contributed by atoms with Crippen LogP contribution in [0.25, 0.3) is 19.5 Å². The van der Waals surface area contributed by atoms with Crippen LogP contribution in [0.5, 0.6) is 0 Å². The number of hydrogen-bond acceptors (Lipinski definition) is 6. The van der Waals surface area contributed by atoms with Crippen LogP contribution in [0, 0.1) is 0 Å². The molecular weight excluding hydrogens is 372 g/mol. The average molecular weight is 390 g/mol. The molecule has 2 aromatic heterocycles. The Kier molecular flexibility index (Phi) is 5.53. The first-order valence-electron chi connectivity index (χ1n) is 8.16. The second-order valence-electron chi connectivity index (χ2n) is 5.81. The van der Waals surface area contributed by atoms with Gasteiger partial charge in [0.15, 0.2) is 6.61 Å². The molecule has 0 unspecified atom stereocenters. The molecule has 1 aromatic carbocycles. The quantitative estimate of drug-likeness (QED) is 0.647. The van der Waals surface area contributed by atoms with Gasteiger partial charge in [-0.05, 0) is 25.5 Å². The molecule has 2 heterocycles. The highest BCUT2D eigenvalue weighted by Gasteiger charge is 2.17. The Labute approximate surface area is 158 Å². The van der Waals surface area contributed by atoms with Crippen LogP contribution in [0.4, 0.5) is 4.79 Å². The Morgan fingerprint density at radius 3 is 2.69 bits per heavy atom. The summed E-state index contributed by atoms with van der Waals surface area (Å²) in [6.07, 6.45) is 0.751. The van der Waals surface area contributed by atoms with Gasteiger partial charge in [0.05, 0.1) is 4.70 Å². The van der Waals surface area contributed by atoms with Crippen LogP contribution in [0.1, 0.15) is 29.9 Å². The van der Waals surface area contributed by atoms with Crippen LogP contribution in [0.15, 0.2) is 30.3 Å². The largest absolute Gasteiger partial charge is 0.451 e. The molecule has 136 valence electrons. The summed E-state index contributed by atoms with van der Waals surface area (Å²) < 4.78 is 8.24. The van der Waals surface area contributed by atoms with Crippen molar-refractivity contribution in [3.8, 4) is 0 Å². The molecule has 3 amide bonds. The Morgan fingerprint density at radius 1 is 1.15 bits per heavy atom. The summed E-state index contributed by atoms with van der Waals surface area (Å²) in [7, 11) is 0. The van der Waals surface area contributed by atoms with Crippen LogP contribution < -0.4 is 10.6 Å². The second kappa shape index (κ2) is 7.84. The molecule has 8 heteroatoms. The summed E-state index contributed by atoms with van der Waals surface area (Å²) in [5.74, 6) is -1.23. The van der Waals surface area contributed by atoms with Crippen LogP contribution in [-0.2, 0) is 9.53 Å². The Morgan fingerprint density at radius 2 is 1.92 bits per heavy atom. The van der Waals surface area contributed by atoms with E-state index < -0.39 is 24.5 Å². The fourth-order valence-corrected chi connectivity index (χ4v) is 4.75. The van der Waals surface area contributed by atoms with Crippen molar-refractivity contribution >= 4 is 60.1 Å². The summed E-state index contributed by atoms with van der Waals surface area (Å²) in [6.45, 7) is 3.25. The minimum absolute atomic E-state index is 0.0424. The molecule has 3 aromatic rings. The first-order valence-corrected chi connectivity index (χ1v) is 9.79. The van der Waals surface area contributed by atoms with Crippen LogP contribution in [-0.4, -0.2) is 30.6 Å². The van der Waals surface area contributed by atoms with Gasteiger partial charge < -0.3 is 10.1 Å². The number of thiophene rings is 2. The third-order valence-corrected chi connectivity index (χ3v) is 6.22. The molecule has 0 radical (unpaired) electrons. The number of hydrogen-bond donors (Lipinski definition) is 2. The highest BCUT2D eigenvalue weighted by atomic mass is 32.1. The van der Waals surface area contributed by atoms with Gasteiger partial charge in [0.1, 0.15) is 4.88 Å². The number of amides is 3. The maximum Gasteiger partial charge on any atom is 0.348 e. The lowest BCUT2D eigenvalue weighted by atomic mass is 10.2. The third-order valence-electron chi connectivity index (χ3n) is 3.83. The van der Waals surface area contributed by atoms with E-state index in [0.717, 1.165) is 21.2 Å². The zero-order chi connectivity index (χ0) is 18.7. The first kappa shape index (κ1) is 18.3. The summed E-state index contributed by atoms with van der Waals surface area (Å²) in [6, 6.07) is 9.14. The van der Waals surface area contributed by atoms with Gasteiger partial charge in [0.25, 0.3) is 5.91 Å². The van der Waals surface area contributed by atoms with Gasteiger partial charge in [-0.3, -0.25) is 10.1 Å². The Hall–Kier alpha value is -2.45. The molecule has 0 aliphatic carbocycles. The lowest BCUT2D eigenvalue weighted by molar-refractivity contribution is -0.123. The number of carbonyl (C=O) groups is 3. The molecule has 0 fully saturated rings. The topological polar surface area (TPSA) is 84.5 Å². The Balaban J connectivity index is 1.59. The smallest absolute Gasteiger partial charge is 0.348 e. The van der Waals surface area contributed by atoms with Crippen LogP contribution >= 0.6 is 22.7 Å². The summed E-state index contributed by atoms with van der Waals surface area (Å²) in [4.78, 5) is 35.9. The van der Waals surface area contributed by atoms with Gasteiger partial charge in [-0.2, -0.15) is 0 Å². The van der Waals surface area contributed by atoms with E-state index in [2.05, 4.69) is 10.6 Å². The van der Waals surface area contributed by atoms with Gasteiger partial charge in [0, 0.05) is 20.8 Å². The molecule has 0 bridgehead atoms. The van der Waals surface area contributed by atoms with E-state index in [1.165, 1.54) is 16.0 Å². The molecule has 0 aliphatic rings. The number of nitrogens with one attached hydrogen (secondary N) is 2. The number of fused-ring (bicyclic) bond motifs is 3. The number of benzene rings is 1. The average Bonchev–Trinajstić information content (AvgIpc) is 3.17. The van der Waals surface area contributed by atoms with Crippen molar-refractivity contribution < 1.29 is 19.1 Å². The van der Waals surface area contributed by atoms with Gasteiger partial charge in [-0.1, -0.05) is 25.1 Å². The van der Waals surface area contributed by atoms with Crippen molar-refractivity contribution in [3.63, 3.8) is 0 Å². The number of ether oxygens (including phenoxy) is 1. The van der Waals surface area contributed by atoms with E-state index in [9.17, 15) is 14.4 Å². The standard InChI is InChI=1S/C18H18N2O4S2/c1-3-10(2)19-18(23)20-15(21)9-24-17(22)14-8-13-16(26-14)11-6-4-5-7-12(11)25-13/h4-8,10H,3,9H2,1-2H3,(H2,19,20,21,23)/t10-/m0/s1. The van der Waals surface area contributed by atoms with Gasteiger partial charge in [-0.15, -0.1) is 22.7 Å². The Bertz CT molecular complexity index is 976. The maximum atomic E-state index is 12.2. The van der Waals surface area contributed by atoms with E-state index >= 15 is 0 Å². The SMILES string of the molecule is CC[C@H](C)NC(=O)NC(=O)COC(=O)c1cc2sc3ccccc3c2s1. The monoisotopic (exact) mass is 390 g/mol. The molecule has 3 rings (SSSR count). The number of esters is 1. The van der Waals surface area contributed by atoms with E-state index in [4.69, 9.17) is 4.74 Å².